The first-order chi connectivity index (χ1) is 9.60. The Hall–Kier alpha value is -1.03. The van der Waals surface area contributed by atoms with E-state index < -0.39 is 31.0 Å². The Bertz CT molecular complexity index is 823. The second-order valence-electron chi connectivity index (χ2n) is 4.87. The number of fused-ring (bicyclic) bond motifs is 1. The Morgan fingerprint density at radius 1 is 1.24 bits per heavy atom. The maximum absolute atomic E-state index is 12.1. The van der Waals surface area contributed by atoms with Gasteiger partial charge >= 0.3 is 0 Å². The third kappa shape index (κ3) is 3.79. The molecule has 1 aromatic carbocycles. The SMILES string of the molecule is CC(c1nc2ccccc2s1)N(C)S(=O)(=O)CS(C)(=O)=O. The molecule has 0 saturated heterocycles. The van der Waals surface area contributed by atoms with Crippen LogP contribution in [0, 0.1) is 0 Å². The predicted octanol–water partition coefficient (Wildman–Crippen LogP) is 1.62. The van der Waals surface area contributed by atoms with Gasteiger partial charge in [-0.3, -0.25) is 0 Å². The average Bonchev–Trinajstić information content (AvgIpc) is 2.77. The second-order valence-corrected chi connectivity index (χ2v) is 10.5. The lowest BCUT2D eigenvalue weighted by molar-refractivity contribution is 0.400. The van der Waals surface area contributed by atoms with Gasteiger partial charge in [0.2, 0.25) is 10.0 Å². The van der Waals surface area contributed by atoms with Crippen LogP contribution in [0.3, 0.4) is 0 Å². The summed E-state index contributed by atoms with van der Waals surface area (Å²) in [6.45, 7) is 1.69. The zero-order chi connectivity index (χ0) is 15.8. The Morgan fingerprint density at radius 3 is 2.43 bits per heavy atom. The number of nitrogens with zero attached hydrogens (tertiary/aromatic N) is 2. The van der Waals surface area contributed by atoms with Crippen molar-refractivity contribution in [1.29, 1.82) is 0 Å². The maximum atomic E-state index is 12.1. The molecule has 0 aliphatic heterocycles. The molecule has 0 aliphatic carbocycles. The molecule has 0 bridgehead atoms. The molecule has 0 N–H and O–H groups in total. The molecule has 116 valence electrons. The zero-order valence-corrected chi connectivity index (χ0v) is 14.3. The summed E-state index contributed by atoms with van der Waals surface area (Å²) in [7, 11) is -6.13. The third-order valence-corrected chi connectivity index (χ3v) is 8.32. The first-order valence-corrected chi connectivity index (χ1v) is 10.6. The van der Waals surface area contributed by atoms with Crippen molar-refractivity contribution in [2.24, 2.45) is 0 Å². The Balaban J connectivity index is 2.32. The van der Waals surface area contributed by atoms with Gasteiger partial charge in [0, 0.05) is 13.3 Å². The maximum Gasteiger partial charge on any atom is 0.228 e. The first-order valence-electron chi connectivity index (χ1n) is 6.09. The van der Waals surface area contributed by atoms with Crippen molar-refractivity contribution in [2.75, 3.05) is 18.4 Å². The second kappa shape index (κ2) is 5.64. The van der Waals surface area contributed by atoms with E-state index in [1.807, 2.05) is 24.3 Å². The van der Waals surface area contributed by atoms with E-state index in [-0.39, 0.29) is 0 Å². The number of rotatable bonds is 5. The van der Waals surface area contributed by atoms with Gasteiger partial charge < -0.3 is 0 Å². The molecule has 1 heterocycles. The quantitative estimate of drug-likeness (QED) is 0.820. The van der Waals surface area contributed by atoms with Crippen LogP contribution in [0.4, 0.5) is 0 Å². The molecule has 0 amide bonds. The molecule has 0 spiro atoms. The van der Waals surface area contributed by atoms with Crippen LogP contribution in [0.2, 0.25) is 0 Å². The summed E-state index contributed by atoms with van der Waals surface area (Å²) < 4.78 is 48.7. The van der Waals surface area contributed by atoms with Crippen molar-refractivity contribution in [3.63, 3.8) is 0 Å². The van der Waals surface area contributed by atoms with Gasteiger partial charge in [0.25, 0.3) is 0 Å². The number of hydrogen-bond donors (Lipinski definition) is 0. The van der Waals surface area contributed by atoms with E-state index in [0.717, 1.165) is 20.8 Å². The van der Waals surface area contributed by atoms with Crippen molar-refractivity contribution in [3.8, 4) is 0 Å². The highest BCUT2D eigenvalue weighted by Crippen LogP contribution is 2.30. The highest BCUT2D eigenvalue weighted by Gasteiger charge is 2.29. The fraction of sp³-hybridized carbons (Fsp3) is 0.417. The molecular weight excluding hydrogens is 332 g/mol. The van der Waals surface area contributed by atoms with Gasteiger partial charge in [-0.1, -0.05) is 12.1 Å². The number of hydrogen-bond acceptors (Lipinski definition) is 6. The first kappa shape index (κ1) is 16.3. The zero-order valence-electron chi connectivity index (χ0n) is 11.8. The minimum Gasteiger partial charge on any atom is -0.239 e. The van der Waals surface area contributed by atoms with E-state index in [9.17, 15) is 16.8 Å². The number of thiazole rings is 1. The smallest absolute Gasteiger partial charge is 0.228 e. The Kier molecular flexibility index (Phi) is 4.39. The minimum absolute atomic E-state index is 0.519. The monoisotopic (exact) mass is 348 g/mol. The highest BCUT2D eigenvalue weighted by atomic mass is 32.3. The summed E-state index contributed by atoms with van der Waals surface area (Å²) in [6.07, 6.45) is 0.904. The largest absolute Gasteiger partial charge is 0.239 e. The molecule has 0 aliphatic rings. The molecule has 1 aromatic heterocycles. The van der Waals surface area contributed by atoms with Gasteiger partial charge in [-0.2, -0.15) is 4.31 Å². The van der Waals surface area contributed by atoms with Crippen molar-refractivity contribution in [3.05, 3.63) is 29.3 Å². The molecule has 2 rings (SSSR count). The van der Waals surface area contributed by atoms with Crippen LogP contribution in [-0.4, -0.2) is 44.5 Å². The van der Waals surface area contributed by atoms with E-state index >= 15 is 0 Å². The molecule has 1 unspecified atom stereocenters. The molecular formula is C12H16N2O4S3. The van der Waals surface area contributed by atoms with Crippen LogP contribution < -0.4 is 0 Å². The lowest BCUT2D eigenvalue weighted by Crippen LogP contribution is -2.34. The fourth-order valence-electron chi connectivity index (χ4n) is 1.82. The number of aromatic nitrogens is 1. The normalized spacial score (nSPS) is 14.7. The number of sulfonamides is 1. The van der Waals surface area contributed by atoms with Crippen molar-refractivity contribution in [1.82, 2.24) is 9.29 Å². The summed E-state index contributed by atoms with van der Waals surface area (Å²) in [4.78, 5) is 4.41. The summed E-state index contributed by atoms with van der Waals surface area (Å²) >= 11 is 1.40. The van der Waals surface area contributed by atoms with Crippen LogP contribution in [0.5, 0.6) is 0 Å². The van der Waals surface area contributed by atoms with Gasteiger partial charge in [-0.05, 0) is 19.1 Å². The van der Waals surface area contributed by atoms with Crippen LogP contribution >= 0.6 is 11.3 Å². The van der Waals surface area contributed by atoms with E-state index in [4.69, 9.17) is 0 Å². The number of para-hydroxylation sites is 1. The molecule has 9 heteroatoms. The van der Waals surface area contributed by atoms with Gasteiger partial charge in [0.1, 0.15) is 5.01 Å². The lowest BCUT2D eigenvalue weighted by atomic mass is 10.3. The van der Waals surface area contributed by atoms with E-state index in [0.29, 0.717) is 5.01 Å². The summed E-state index contributed by atoms with van der Waals surface area (Å²) in [5.74, 6) is 0. The van der Waals surface area contributed by atoms with E-state index in [1.54, 1.807) is 6.92 Å². The Morgan fingerprint density at radius 2 is 1.86 bits per heavy atom. The highest BCUT2D eigenvalue weighted by molar-refractivity contribution is 8.06. The summed E-state index contributed by atoms with van der Waals surface area (Å²) in [5, 5.41) is -0.262. The Labute approximate surface area is 128 Å². The summed E-state index contributed by atoms with van der Waals surface area (Å²) in [5.41, 5.74) is 0.804. The molecule has 0 saturated carbocycles. The molecule has 0 fully saturated rings. The molecule has 21 heavy (non-hydrogen) atoms. The molecule has 0 radical (unpaired) electrons. The third-order valence-electron chi connectivity index (χ3n) is 3.02. The average molecular weight is 348 g/mol. The molecule has 1 atom stereocenters. The van der Waals surface area contributed by atoms with Crippen LogP contribution in [0.15, 0.2) is 24.3 Å². The van der Waals surface area contributed by atoms with Crippen molar-refractivity contribution >= 4 is 41.4 Å². The summed E-state index contributed by atoms with van der Waals surface area (Å²) in [6, 6.07) is 7.00. The van der Waals surface area contributed by atoms with E-state index in [1.165, 1.54) is 18.4 Å². The van der Waals surface area contributed by atoms with Crippen LogP contribution in [0.1, 0.15) is 18.0 Å². The standard InChI is InChI=1S/C12H16N2O4S3/c1-9(14(2)21(17,18)8-20(3,15)16)12-13-10-6-4-5-7-11(10)19-12/h4-7,9H,8H2,1-3H3. The van der Waals surface area contributed by atoms with Crippen LogP contribution in [0.25, 0.3) is 10.2 Å². The van der Waals surface area contributed by atoms with Crippen molar-refractivity contribution < 1.29 is 16.8 Å². The van der Waals surface area contributed by atoms with Gasteiger partial charge in [-0.25, -0.2) is 21.8 Å². The lowest BCUT2D eigenvalue weighted by Gasteiger charge is -2.22. The van der Waals surface area contributed by atoms with Gasteiger partial charge in [0.05, 0.1) is 16.3 Å². The fourth-order valence-corrected chi connectivity index (χ4v) is 6.36. The van der Waals surface area contributed by atoms with Crippen LogP contribution in [-0.2, 0) is 19.9 Å². The van der Waals surface area contributed by atoms with Crippen molar-refractivity contribution in [2.45, 2.75) is 13.0 Å². The van der Waals surface area contributed by atoms with E-state index in [2.05, 4.69) is 4.98 Å². The minimum atomic E-state index is -3.89. The number of benzene rings is 1. The topological polar surface area (TPSA) is 84.4 Å². The molecule has 2 aromatic rings. The van der Waals surface area contributed by atoms with Gasteiger partial charge in [0.15, 0.2) is 14.9 Å². The number of sulfone groups is 1. The molecule has 6 nitrogen and oxygen atoms in total. The predicted molar refractivity (Wildman–Crippen MR) is 84.4 cm³/mol. The van der Waals surface area contributed by atoms with Gasteiger partial charge in [-0.15, -0.1) is 11.3 Å².